The summed E-state index contributed by atoms with van der Waals surface area (Å²) in [5, 5.41) is 17.9. The van der Waals surface area contributed by atoms with E-state index >= 15 is 0 Å². The van der Waals surface area contributed by atoms with Crippen molar-refractivity contribution in [1.82, 2.24) is 34.3 Å². The van der Waals surface area contributed by atoms with Gasteiger partial charge in [-0.1, -0.05) is 12.1 Å². The monoisotopic (exact) mass is 564 g/mol. The van der Waals surface area contributed by atoms with Gasteiger partial charge < -0.3 is 20.6 Å². The number of anilines is 2. The van der Waals surface area contributed by atoms with Gasteiger partial charge in [-0.15, -0.1) is 12.4 Å². The van der Waals surface area contributed by atoms with Crippen LogP contribution in [-0.2, 0) is 12.1 Å². The average Bonchev–Trinajstić information content (AvgIpc) is 3.61. The van der Waals surface area contributed by atoms with Crippen LogP contribution >= 0.6 is 12.4 Å². The first kappa shape index (κ1) is 27.4. The molecule has 0 amide bonds. The lowest BCUT2D eigenvalue weighted by molar-refractivity contribution is 0.269. The summed E-state index contributed by atoms with van der Waals surface area (Å²) in [4.78, 5) is 18.2. The third-order valence-corrected chi connectivity index (χ3v) is 7.23. The number of nitrogens with two attached hydrogens (primary N) is 1. The Labute approximate surface area is 236 Å². The molecule has 40 heavy (non-hydrogen) atoms. The van der Waals surface area contributed by atoms with Crippen molar-refractivity contribution in [2.75, 3.05) is 42.6 Å². The van der Waals surface area contributed by atoms with E-state index < -0.39 is 5.54 Å². The normalized spacial score (nSPS) is 15.2. The van der Waals surface area contributed by atoms with Crippen LogP contribution < -0.4 is 15.5 Å². The number of piperazine rings is 1. The van der Waals surface area contributed by atoms with Crippen molar-refractivity contribution in [1.29, 1.82) is 0 Å². The van der Waals surface area contributed by atoms with Crippen LogP contribution in [0.4, 0.5) is 16.2 Å². The maximum atomic E-state index is 13.4. The van der Waals surface area contributed by atoms with Gasteiger partial charge >= 0.3 is 0 Å². The summed E-state index contributed by atoms with van der Waals surface area (Å²) >= 11 is 0. The first-order chi connectivity index (χ1) is 18.9. The SMILES string of the molecule is CC(N)(c1ccc(F)cc1)c1cnc(N2CCN(c3ncnn4cc(-c5cnn(CCO)c5)cc34)CC2)nc1.Cl. The minimum Gasteiger partial charge on any atom is -0.394 e. The van der Waals surface area contributed by atoms with Crippen molar-refractivity contribution in [2.24, 2.45) is 5.73 Å². The molecule has 1 unspecified atom stereocenters. The number of aliphatic hydroxyl groups is 1. The van der Waals surface area contributed by atoms with E-state index in [0.29, 0.717) is 12.5 Å². The molecule has 1 fully saturated rings. The van der Waals surface area contributed by atoms with Gasteiger partial charge in [0.05, 0.1) is 24.9 Å². The molecule has 1 atom stereocenters. The largest absolute Gasteiger partial charge is 0.394 e. The zero-order valence-electron chi connectivity index (χ0n) is 21.9. The highest BCUT2D eigenvalue weighted by Gasteiger charge is 2.26. The van der Waals surface area contributed by atoms with E-state index in [2.05, 4.69) is 41.0 Å². The molecular formula is C27H30ClFN10O. The smallest absolute Gasteiger partial charge is 0.225 e. The summed E-state index contributed by atoms with van der Waals surface area (Å²) in [5.41, 5.74) is 10.1. The minimum atomic E-state index is -0.836. The van der Waals surface area contributed by atoms with Gasteiger partial charge in [-0.2, -0.15) is 10.2 Å². The van der Waals surface area contributed by atoms with Gasteiger partial charge in [0, 0.05) is 67.7 Å². The fourth-order valence-corrected chi connectivity index (χ4v) is 4.89. The topological polar surface area (TPSA) is 127 Å². The van der Waals surface area contributed by atoms with Crippen molar-refractivity contribution >= 4 is 29.7 Å². The number of benzene rings is 1. The number of rotatable bonds is 7. The predicted molar refractivity (Wildman–Crippen MR) is 152 cm³/mol. The molecule has 1 aromatic carbocycles. The first-order valence-corrected chi connectivity index (χ1v) is 12.8. The summed E-state index contributed by atoms with van der Waals surface area (Å²) in [6.07, 6.45) is 10.7. The van der Waals surface area contributed by atoms with Gasteiger partial charge in [0.1, 0.15) is 17.7 Å². The Hall–Kier alpha value is -4.13. The van der Waals surface area contributed by atoms with Crippen LogP contribution in [0.3, 0.4) is 0 Å². The fraction of sp³-hybridized carbons (Fsp3) is 0.296. The number of nitrogens with zero attached hydrogens (tertiary/aromatic N) is 9. The van der Waals surface area contributed by atoms with E-state index in [1.807, 2.05) is 23.8 Å². The Kier molecular flexibility index (Phi) is 7.66. The van der Waals surface area contributed by atoms with Crippen LogP contribution in [-0.4, -0.2) is 72.2 Å². The van der Waals surface area contributed by atoms with Crippen LogP contribution in [0.2, 0.25) is 0 Å². The molecule has 5 aromatic rings. The van der Waals surface area contributed by atoms with Crippen LogP contribution in [0.25, 0.3) is 16.6 Å². The third kappa shape index (κ3) is 5.20. The molecule has 5 heterocycles. The quantitative estimate of drug-likeness (QED) is 0.306. The second-order valence-corrected chi connectivity index (χ2v) is 9.81. The lowest BCUT2D eigenvalue weighted by Crippen LogP contribution is -2.47. The number of aromatic nitrogens is 7. The Balaban J connectivity index is 0.00000323. The second kappa shape index (κ2) is 11.2. The predicted octanol–water partition coefficient (Wildman–Crippen LogP) is 2.48. The van der Waals surface area contributed by atoms with Gasteiger partial charge in [-0.25, -0.2) is 23.9 Å². The lowest BCUT2D eigenvalue weighted by Gasteiger charge is -2.35. The number of hydrogen-bond donors (Lipinski definition) is 2. The van der Waals surface area contributed by atoms with Crippen LogP contribution in [0.15, 0.2) is 67.6 Å². The second-order valence-electron chi connectivity index (χ2n) is 9.81. The summed E-state index contributed by atoms with van der Waals surface area (Å²) in [5.74, 6) is 1.21. The van der Waals surface area contributed by atoms with Crippen LogP contribution in [0.5, 0.6) is 0 Å². The van der Waals surface area contributed by atoms with Gasteiger partial charge in [-0.3, -0.25) is 4.68 Å². The zero-order chi connectivity index (χ0) is 27.0. The minimum absolute atomic E-state index is 0. The maximum Gasteiger partial charge on any atom is 0.225 e. The highest BCUT2D eigenvalue weighted by Crippen LogP contribution is 2.29. The molecule has 0 bridgehead atoms. The fourth-order valence-electron chi connectivity index (χ4n) is 4.89. The van der Waals surface area contributed by atoms with Crippen molar-refractivity contribution in [3.8, 4) is 11.1 Å². The third-order valence-electron chi connectivity index (χ3n) is 7.23. The van der Waals surface area contributed by atoms with E-state index in [1.165, 1.54) is 12.1 Å². The van der Waals surface area contributed by atoms with Gasteiger partial charge in [-0.05, 0) is 30.7 Å². The lowest BCUT2D eigenvalue weighted by atomic mass is 9.87. The van der Waals surface area contributed by atoms with Crippen LogP contribution in [0.1, 0.15) is 18.1 Å². The summed E-state index contributed by atoms with van der Waals surface area (Å²) in [6.45, 7) is 5.32. The molecule has 4 aromatic heterocycles. The van der Waals surface area contributed by atoms with E-state index in [1.54, 1.807) is 41.7 Å². The molecule has 0 spiro atoms. The van der Waals surface area contributed by atoms with Gasteiger partial charge in [0.15, 0.2) is 5.82 Å². The van der Waals surface area contributed by atoms with Crippen molar-refractivity contribution in [2.45, 2.75) is 19.0 Å². The summed E-state index contributed by atoms with van der Waals surface area (Å²) in [7, 11) is 0. The Morgan fingerprint density at radius 1 is 0.900 bits per heavy atom. The number of fused-ring (bicyclic) bond motifs is 1. The number of aliphatic hydroxyl groups excluding tert-OH is 1. The molecule has 6 rings (SSSR count). The number of hydrogen-bond acceptors (Lipinski definition) is 9. The molecule has 1 aliphatic rings. The van der Waals surface area contributed by atoms with Gasteiger partial charge in [0.2, 0.25) is 5.95 Å². The molecular weight excluding hydrogens is 535 g/mol. The van der Waals surface area contributed by atoms with E-state index in [9.17, 15) is 4.39 Å². The van der Waals surface area contributed by atoms with Crippen LogP contribution in [0, 0.1) is 5.82 Å². The number of halogens is 2. The highest BCUT2D eigenvalue weighted by atomic mass is 35.5. The van der Waals surface area contributed by atoms with Crippen molar-refractivity contribution < 1.29 is 9.50 Å². The van der Waals surface area contributed by atoms with E-state index in [-0.39, 0.29) is 24.8 Å². The Bertz CT molecular complexity index is 1580. The Morgan fingerprint density at radius 3 is 2.30 bits per heavy atom. The molecule has 0 radical (unpaired) electrons. The summed E-state index contributed by atoms with van der Waals surface area (Å²) < 4.78 is 16.9. The zero-order valence-corrected chi connectivity index (χ0v) is 22.7. The van der Waals surface area contributed by atoms with E-state index in [4.69, 9.17) is 10.8 Å². The molecule has 3 N–H and O–H groups in total. The molecule has 1 aliphatic heterocycles. The molecule has 0 aliphatic carbocycles. The average molecular weight is 565 g/mol. The van der Waals surface area contributed by atoms with Crippen molar-refractivity contribution in [3.63, 3.8) is 0 Å². The molecule has 0 saturated carbocycles. The van der Waals surface area contributed by atoms with Gasteiger partial charge in [0.25, 0.3) is 0 Å². The molecule has 13 heteroatoms. The highest BCUT2D eigenvalue weighted by molar-refractivity contribution is 5.85. The maximum absolute atomic E-state index is 13.4. The molecule has 1 saturated heterocycles. The van der Waals surface area contributed by atoms with Crippen molar-refractivity contribution in [3.05, 3.63) is 84.6 Å². The summed E-state index contributed by atoms with van der Waals surface area (Å²) in [6, 6.07) is 8.24. The first-order valence-electron chi connectivity index (χ1n) is 12.8. The molecule has 208 valence electrons. The van der Waals surface area contributed by atoms with E-state index in [0.717, 1.165) is 59.8 Å². The molecule has 11 nitrogen and oxygen atoms in total. The Morgan fingerprint density at radius 2 is 1.60 bits per heavy atom. The standard InChI is InChI=1S/C27H29FN10O.ClH/c1-27(29,21-2-4-23(28)5-3-21)22-14-30-26(31-15-22)36-8-6-35(7-9-36)25-24-12-19(17-38(24)34-18-32-25)20-13-33-37(16-20)10-11-39;/h2-5,12-18,39H,6-11,29H2,1H3;1H.